The topological polar surface area (TPSA) is 106 Å². The summed E-state index contributed by atoms with van der Waals surface area (Å²) in [5, 5.41) is 8.23. The SMILES string of the molecule is CC(=O)c1nn(CC(=O)N2[C@@H]3C[C@@H]3C[C@H]2C(=O)NC2CCOC(C)(C)C2)c2cnccc12. The van der Waals surface area contributed by atoms with Gasteiger partial charge in [0.25, 0.3) is 0 Å². The molecule has 3 fully saturated rings. The molecule has 9 heteroatoms. The smallest absolute Gasteiger partial charge is 0.245 e. The summed E-state index contributed by atoms with van der Waals surface area (Å²) in [5.74, 6) is 0.00703. The number of fused-ring (bicyclic) bond motifs is 2. The number of ketones is 1. The second-order valence-electron chi connectivity index (χ2n) is 9.88. The molecule has 0 spiro atoms. The van der Waals surface area contributed by atoms with Gasteiger partial charge in [0.05, 0.1) is 17.3 Å². The maximum atomic E-state index is 13.3. The third-order valence-corrected chi connectivity index (χ3v) is 6.91. The Labute approximate surface area is 186 Å². The molecule has 3 aliphatic rings. The van der Waals surface area contributed by atoms with Crippen LogP contribution in [-0.4, -0.2) is 67.6 Å². The van der Waals surface area contributed by atoms with Crippen LogP contribution in [-0.2, 0) is 20.9 Å². The Bertz CT molecular complexity index is 1090. The lowest BCUT2D eigenvalue weighted by molar-refractivity contribution is -0.141. The van der Waals surface area contributed by atoms with Gasteiger partial charge in [0.2, 0.25) is 11.8 Å². The predicted octanol–water partition coefficient (Wildman–Crippen LogP) is 1.70. The van der Waals surface area contributed by atoms with E-state index in [9.17, 15) is 14.4 Å². The van der Waals surface area contributed by atoms with Gasteiger partial charge in [0, 0.05) is 37.2 Å². The van der Waals surface area contributed by atoms with Gasteiger partial charge in [0.1, 0.15) is 18.3 Å². The number of nitrogens with zero attached hydrogens (tertiary/aromatic N) is 4. The number of Topliss-reactive ketones (excluding diaryl/α,β-unsaturated/α-hetero) is 1. The number of carbonyl (C=O) groups excluding carboxylic acids is 3. The fourth-order valence-corrected chi connectivity index (χ4v) is 5.31. The first-order chi connectivity index (χ1) is 15.2. The number of amides is 2. The van der Waals surface area contributed by atoms with Crippen molar-refractivity contribution < 1.29 is 19.1 Å². The molecule has 0 bridgehead atoms. The molecule has 170 valence electrons. The summed E-state index contributed by atoms with van der Waals surface area (Å²) in [6.45, 7) is 6.12. The van der Waals surface area contributed by atoms with Crippen LogP contribution < -0.4 is 5.32 Å². The average Bonchev–Trinajstić information content (AvgIpc) is 3.23. The molecule has 2 amide bonds. The van der Waals surface area contributed by atoms with Gasteiger partial charge >= 0.3 is 0 Å². The standard InChI is InChI=1S/C23H29N5O4/c1-13(29)21-16-4-6-24-11-19(16)27(26-21)12-20(30)28-17-8-14(17)9-18(28)22(31)25-15-5-7-32-23(2,3)10-15/h4,6,11,14-15,17-18H,5,7-10,12H2,1-3H3,(H,25,31)/t14-,15?,17-,18+/m1/s1. The summed E-state index contributed by atoms with van der Waals surface area (Å²) in [7, 11) is 0. The van der Waals surface area contributed by atoms with Crippen LogP contribution in [0.15, 0.2) is 18.5 Å². The molecule has 2 aliphatic heterocycles. The first kappa shape index (κ1) is 21.1. The van der Waals surface area contributed by atoms with Gasteiger partial charge in [-0.15, -0.1) is 0 Å². The first-order valence-corrected chi connectivity index (χ1v) is 11.3. The maximum Gasteiger partial charge on any atom is 0.245 e. The van der Waals surface area contributed by atoms with Crippen molar-refractivity contribution >= 4 is 28.5 Å². The monoisotopic (exact) mass is 439 g/mol. The second kappa shape index (κ2) is 7.65. The van der Waals surface area contributed by atoms with E-state index < -0.39 is 6.04 Å². The zero-order valence-electron chi connectivity index (χ0n) is 18.7. The van der Waals surface area contributed by atoms with E-state index in [-0.39, 0.29) is 41.8 Å². The van der Waals surface area contributed by atoms with Crippen molar-refractivity contribution in [2.75, 3.05) is 6.61 Å². The van der Waals surface area contributed by atoms with Gasteiger partial charge in [-0.1, -0.05) is 0 Å². The number of pyridine rings is 1. The molecule has 1 unspecified atom stereocenters. The lowest BCUT2D eigenvalue weighted by atomic mass is 9.93. The van der Waals surface area contributed by atoms with Crippen molar-refractivity contribution in [1.29, 1.82) is 0 Å². The van der Waals surface area contributed by atoms with E-state index in [0.717, 1.165) is 19.3 Å². The number of carbonyl (C=O) groups is 3. The highest BCUT2D eigenvalue weighted by Gasteiger charge is 2.56. The lowest BCUT2D eigenvalue weighted by Gasteiger charge is -2.37. The molecule has 2 aromatic heterocycles. The molecule has 1 saturated carbocycles. The van der Waals surface area contributed by atoms with Crippen LogP contribution >= 0.6 is 0 Å². The van der Waals surface area contributed by atoms with Gasteiger partial charge in [-0.3, -0.25) is 24.0 Å². The van der Waals surface area contributed by atoms with E-state index in [1.54, 1.807) is 23.4 Å². The van der Waals surface area contributed by atoms with Gasteiger partial charge in [-0.05, 0) is 51.5 Å². The largest absolute Gasteiger partial charge is 0.375 e. The first-order valence-electron chi connectivity index (χ1n) is 11.3. The lowest BCUT2D eigenvalue weighted by Crippen LogP contribution is -2.53. The van der Waals surface area contributed by atoms with Gasteiger partial charge in [0.15, 0.2) is 5.78 Å². The summed E-state index contributed by atoms with van der Waals surface area (Å²) in [6.07, 6.45) is 6.41. The quantitative estimate of drug-likeness (QED) is 0.711. The molecule has 32 heavy (non-hydrogen) atoms. The van der Waals surface area contributed by atoms with E-state index in [4.69, 9.17) is 4.74 Å². The maximum absolute atomic E-state index is 13.3. The third-order valence-electron chi connectivity index (χ3n) is 6.91. The van der Waals surface area contributed by atoms with Crippen LogP contribution in [0.4, 0.5) is 0 Å². The number of aromatic nitrogens is 3. The molecule has 4 atom stereocenters. The van der Waals surface area contributed by atoms with Crippen molar-refractivity contribution in [3.05, 3.63) is 24.2 Å². The van der Waals surface area contributed by atoms with Crippen molar-refractivity contribution in [1.82, 2.24) is 25.0 Å². The van der Waals surface area contributed by atoms with Crippen LogP contribution in [0.1, 0.15) is 56.9 Å². The van der Waals surface area contributed by atoms with E-state index in [1.165, 1.54) is 11.6 Å². The molecule has 2 saturated heterocycles. The third kappa shape index (κ3) is 3.79. The van der Waals surface area contributed by atoms with E-state index in [2.05, 4.69) is 15.4 Å². The van der Waals surface area contributed by atoms with Crippen molar-refractivity contribution in [3.8, 4) is 0 Å². The van der Waals surface area contributed by atoms with Crippen molar-refractivity contribution in [3.63, 3.8) is 0 Å². The van der Waals surface area contributed by atoms with Crippen LogP contribution in [0.25, 0.3) is 10.9 Å². The molecule has 9 nitrogen and oxygen atoms in total. The average molecular weight is 440 g/mol. The Morgan fingerprint density at radius 3 is 2.84 bits per heavy atom. The highest BCUT2D eigenvalue weighted by atomic mass is 16.5. The fraction of sp³-hybridized carbons (Fsp3) is 0.609. The molecule has 1 N–H and O–H groups in total. The number of ether oxygens (including phenoxy) is 1. The van der Waals surface area contributed by atoms with Gasteiger partial charge in [-0.25, -0.2) is 0 Å². The molecule has 0 aromatic carbocycles. The summed E-state index contributed by atoms with van der Waals surface area (Å²) in [5.41, 5.74) is 0.716. The van der Waals surface area contributed by atoms with Crippen molar-refractivity contribution in [2.24, 2.45) is 5.92 Å². The molecular weight excluding hydrogens is 410 g/mol. The Hall–Kier alpha value is -2.81. The van der Waals surface area contributed by atoms with Crippen LogP contribution in [0, 0.1) is 5.92 Å². The van der Waals surface area contributed by atoms with Crippen molar-refractivity contribution in [2.45, 2.75) is 76.7 Å². The number of hydrogen-bond donors (Lipinski definition) is 1. The Balaban J connectivity index is 1.33. The zero-order chi connectivity index (χ0) is 22.6. The molecule has 0 radical (unpaired) electrons. The number of hydrogen-bond acceptors (Lipinski definition) is 6. The minimum atomic E-state index is -0.454. The highest BCUT2D eigenvalue weighted by Crippen LogP contribution is 2.48. The zero-order valence-corrected chi connectivity index (χ0v) is 18.7. The summed E-state index contributed by atoms with van der Waals surface area (Å²) in [6, 6.07) is 1.46. The number of piperidine rings is 1. The van der Waals surface area contributed by atoms with Crippen LogP contribution in [0.3, 0.4) is 0 Å². The number of nitrogens with one attached hydrogen (secondary N) is 1. The summed E-state index contributed by atoms with van der Waals surface area (Å²) >= 11 is 0. The molecule has 2 aromatic rings. The Morgan fingerprint density at radius 1 is 1.28 bits per heavy atom. The molecule has 4 heterocycles. The summed E-state index contributed by atoms with van der Waals surface area (Å²) in [4.78, 5) is 44.4. The van der Waals surface area contributed by atoms with E-state index >= 15 is 0 Å². The Morgan fingerprint density at radius 2 is 2.09 bits per heavy atom. The number of likely N-dealkylation sites (tertiary alicyclic amines) is 1. The van der Waals surface area contributed by atoms with Crippen LogP contribution in [0.2, 0.25) is 0 Å². The number of rotatable bonds is 5. The summed E-state index contributed by atoms with van der Waals surface area (Å²) < 4.78 is 7.29. The highest BCUT2D eigenvalue weighted by molar-refractivity contribution is 6.04. The van der Waals surface area contributed by atoms with E-state index in [0.29, 0.717) is 35.5 Å². The van der Waals surface area contributed by atoms with Crippen LogP contribution in [0.5, 0.6) is 0 Å². The normalized spacial score (nSPS) is 28.4. The van der Waals surface area contributed by atoms with Gasteiger partial charge < -0.3 is 15.0 Å². The molecule has 5 rings (SSSR count). The van der Waals surface area contributed by atoms with Gasteiger partial charge in [-0.2, -0.15) is 5.10 Å². The molecule has 1 aliphatic carbocycles. The fourth-order valence-electron chi connectivity index (χ4n) is 5.31. The predicted molar refractivity (Wildman–Crippen MR) is 116 cm³/mol. The molecular formula is C23H29N5O4. The minimum absolute atomic E-state index is 0.0211. The minimum Gasteiger partial charge on any atom is -0.375 e. The Kier molecular flexibility index (Phi) is 5.03. The van der Waals surface area contributed by atoms with E-state index in [1.807, 2.05) is 13.8 Å². The second-order valence-corrected chi connectivity index (χ2v) is 9.88.